The third-order valence-electron chi connectivity index (χ3n) is 1.63. The molecule has 0 aromatic carbocycles. The number of nitrogens with one attached hydrogen (secondary N) is 2. The van der Waals surface area contributed by atoms with E-state index < -0.39 is 6.03 Å². The van der Waals surface area contributed by atoms with Crippen molar-refractivity contribution in [2.45, 2.75) is 0 Å². The van der Waals surface area contributed by atoms with Gasteiger partial charge in [0.1, 0.15) is 15.5 Å². The van der Waals surface area contributed by atoms with Crippen LogP contribution in [0.4, 0.5) is 9.93 Å². The Bertz CT molecular complexity index is 589. The molecule has 0 aliphatic heterocycles. The van der Waals surface area contributed by atoms with Crippen LogP contribution in [0.2, 0.25) is 5.15 Å². The van der Waals surface area contributed by atoms with Gasteiger partial charge in [0.15, 0.2) is 5.13 Å². The molecule has 0 spiro atoms. The van der Waals surface area contributed by atoms with Gasteiger partial charge in [-0.05, 0) is 12.1 Å². The normalized spacial score (nSPS) is 9.75. The molecular formula is C9H5ClN4OS. The van der Waals surface area contributed by atoms with E-state index in [4.69, 9.17) is 18.0 Å². The van der Waals surface area contributed by atoms with Gasteiger partial charge in [-0.15, -0.1) is 0 Å². The number of rotatable bonds is 1. The zero-order chi connectivity index (χ0) is 11.5. The van der Waals surface area contributed by atoms with Crippen molar-refractivity contribution in [1.82, 2.24) is 15.3 Å². The summed E-state index contributed by atoms with van der Waals surface area (Å²) in [7, 11) is 0. The first-order valence-electron chi connectivity index (χ1n) is 4.15. The first-order chi connectivity index (χ1) is 7.69. The topological polar surface area (TPSA) is 66.9 Å². The predicted molar refractivity (Wildman–Crippen MR) is 63.4 cm³/mol. The molecule has 2 rings (SSSR count). The predicted octanol–water partition coefficient (Wildman–Crippen LogP) is 2.06. The summed E-state index contributed by atoms with van der Waals surface area (Å²) in [5.74, 6) is 0. The fraction of sp³-hybridized carbons (Fsp3) is 0. The molecular weight excluding hydrogens is 248 g/mol. The quantitative estimate of drug-likeness (QED) is 0.464. The molecule has 2 aromatic heterocycles. The van der Waals surface area contributed by atoms with Gasteiger partial charge in [-0.25, -0.2) is 14.8 Å². The SMILES string of the molecule is C#CNC(=O)Nc1nc2ccc(Cl)nc2s1. The third-order valence-corrected chi connectivity index (χ3v) is 2.72. The number of carbonyl (C=O) groups excluding carboxylic acids is 1. The van der Waals surface area contributed by atoms with Crippen LogP contribution < -0.4 is 10.6 Å². The van der Waals surface area contributed by atoms with Crippen LogP contribution in [-0.4, -0.2) is 16.0 Å². The van der Waals surface area contributed by atoms with E-state index in [0.717, 1.165) is 0 Å². The lowest BCUT2D eigenvalue weighted by molar-refractivity contribution is 0.255. The first-order valence-corrected chi connectivity index (χ1v) is 5.34. The summed E-state index contributed by atoms with van der Waals surface area (Å²) < 4.78 is 0. The van der Waals surface area contributed by atoms with E-state index in [1.807, 2.05) is 6.04 Å². The lowest BCUT2D eigenvalue weighted by atomic mass is 10.5. The molecule has 0 saturated heterocycles. The minimum atomic E-state index is -0.507. The number of thiazole rings is 1. The standard InChI is InChI=1S/C9H5ClN4OS/c1-2-11-8(15)14-9-12-5-3-4-6(10)13-7(5)16-9/h1,3-4H,(H2,11,12,14,15). The van der Waals surface area contributed by atoms with Gasteiger partial charge in [0, 0.05) is 6.04 Å². The maximum Gasteiger partial charge on any atom is 0.332 e. The van der Waals surface area contributed by atoms with Crippen molar-refractivity contribution in [1.29, 1.82) is 0 Å². The number of hydrogen-bond donors (Lipinski definition) is 2. The molecule has 0 radical (unpaired) electrons. The molecule has 2 amide bonds. The van der Waals surface area contributed by atoms with Crippen molar-refractivity contribution in [3.63, 3.8) is 0 Å². The van der Waals surface area contributed by atoms with Gasteiger partial charge in [-0.2, -0.15) is 0 Å². The molecule has 2 aromatic rings. The summed E-state index contributed by atoms with van der Waals surface area (Å²) >= 11 is 6.94. The number of fused-ring (bicyclic) bond motifs is 1. The second-order valence-electron chi connectivity index (χ2n) is 2.70. The number of carbonyl (C=O) groups is 1. The molecule has 7 heteroatoms. The highest BCUT2D eigenvalue weighted by molar-refractivity contribution is 7.22. The largest absolute Gasteiger partial charge is 0.332 e. The van der Waals surface area contributed by atoms with Crippen molar-refractivity contribution in [3.8, 4) is 12.5 Å². The molecule has 0 atom stereocenters. The average molecular weight is 253 g/mol. The minimum Gasteiger partial charge on any atom is -0.283 e. The number of nitrogens with zero attached hydrogens (tertiary/aromatic N) is 2. The lowest BCUT2D eigenvalue weighted by Crippen LogP contribution is -2.23. The maximum atomic E-state index is 11.1. The van der Waals surface area contributed by atoms with Gasteiger partial charge in [-0.3, -0.25) is 10.6 Å². The summed E-state index contributed by atoms with van der Waals surface area (Å²) in [5, 5.41) is 5.43. The van der Waals surface area contributed by atoms with Crippen LogP contribution in [0.25, 0.3) is 10.3 Å². The molecule has 0 saturated carbocycles. The highest BCUT2D eigenvalue weighted by Crippen LogP contribution is 2.25. The Hall–Kier alpha value is -1.84. The highest BCUT2D eigenvalue weighted by Gasteiger charge is 2.07. The zero-order valence-electron chi connectivity index (χ0n) is 7.82. The minimum absolute atomic E-state index is 0.385. The van der Waals surface area contributed by atoms with Crippen LogP contribution in [-0.2, 0) is 0 Å². The number of pyridine rings is 1. The monoisotopic (exact) mass is 252 g/mol. The summed E-state index contributed by atoms with van der Waals surface area (Å²) in [6.07, 6.45) is 4.91. The number of anilines is 1. The van der Waals surface area contributed by atoms with Crippen molar-refractivity contribution < 1.29 is 4.79 Å². The smallest absolute Gasteiger partial charge is 0.283 e. The maximum absolute atomic E-state index is 11.1. The second-order valence-corrected chi connectivity index (χ2v) is 4.07. The fourth-order valence-electron chi connectivity index (χ4n) is 1.04. The van der Waals surface area contributed by atoms with Gasteiger partial charge in [-0.1, -0.05) is 29.4 Å². The molecule has 0 bridgehead atoms. The molecule has 0 aliphatic rings. The van der Waals surface area contributed by atoms with Crippen molar-refractivity contribution >= 4 is 44.4 Å². The third kappa shape index (κ3) is 2.21. The molecule has 0 unspecified atom stereocenters. The van der Waals surface area contributed by atoms with Crippen molar-refractivity contribution in [2.75, 3.05) is 5.32 Å². The van der Waals surface area contributed by atoms with E-state index >= 15 is 0 Å². The molecule has 16 heavy (non-hydrogen) atoms. The Morgan fingerprint density at radius 3 is 3.06 bits per heavy atom. The Morgan fingerprint density at radius 2 is 2.31 bits per heavy atom. The molecule has 0 aliphatic carbocycles. The Labute approximate surface area is 99.9 Å². The summed E-state index contributed by atoms with van der Waals surface area (Å²) in [6, 6.07) is 4.86. The second kappa shape index (κ2) is 4.35. The Kier molecular flexibility index (Phi) is 2.90. The van der Waals surface area contributed by atoms with E-state index in [1.54, 1.807) is 12.1 Å². The van der Waals surface area contributed by atoms with E-state index in [1.165, 1.54) is 11.3 Å². The lowest BCUT2D eigenvalue weighted by Gasteiger charge is -1.96. The van der Waals surface area contributed by atoms with Gasteiger partial charge in [0.05, 0.1) is 0 Å². The van der Waals surface area contributed by atoms with Crippen LogP contribution >= 0.6 is 22.9 Å². The van der Waals surface area contributed by atoms with Crippen LogP contribution in [0.5, 0.6) is 0 Å². The van der Waals surface area contributed by atoms with E-state index in [2.05, 4.69) is 20.6 Å². The molecule has 80 valence electrons. The average Bonchev–Trinajstić information content (AvgIpc) is 2.59. The number of hydrogen-bond acceptors (Lipinski definition) is 4. The number of amides is 2. The van der Waals surface area contributed by atoms with Crippen LogP contribution in [0, 0.1) is 12.5 Å². The summed E-state index contributed by atoms with van der Waals surface area (Å²) in [5.41, 5.74) is 0.672. The van der Waals surface area contributed by atoms with Gasteiger partial charge < -0.3 is 0 Å². The van der Waals surface area contributed by atoms with Crippen LogP contribution in [0.1, 0.15) is 0 Å². The fourth-order valence-corrected chi connectivity index (χ4v) is 2.07. The Morgan fingerprint density at radius 1 is 1.50 bits per heavy atom. The first kappa shape index (κ1) is 10.7. The number of urea groups is 1. The van der Waals surface area contributed by atoms with Crippen molar-refractivity contribution in [3.05, 3.63) is 17.3 Å². The zero-order valence-corrected chi connectivity index (χ0v) is 9.39. The van der Waals surface area contributed by atoms with E-state index in [9.17, 15) is 4.79 Å². The van der Waals surface area contributed by atoms with Crippen LogP contribution in [0.15, 0.2) is 12.1 Å². The Balaban J connectivity index is 2.27. The number of halogens is 1. The van der Waals surface area contributed by atoms with Crippen molar-refractivity contribution in [2.24, 2.45) is 0 Å². The number of aromatic nitrogens is 2. The molecule has 2 N–H and O–H groups in total. The highest BCUT2D eigenvalue weighted by atomic mass is 35.5. The molecule has 5 nitrogen and oxygen atoms in total. The number of terminal acetylenes is 1. The summed E-state index contributed by atoms with van der Waals surface area (Å²) in [6.45, 7) is 0. The van der Waals surface area contributed by atoms with Crippen LogP contribution in [0.3, 0.4) is 0 Å². The van der Waals surface area contributed by atoms with Gasteiger partial charge >= 0.3 is 6.03 Å². The van der Waals surface area contributed by atoms with E-state index in [-0.39, 0.29) is 0 Å². The summed E-state index contributed by atoms with van der Waals surface area (Å²) in [4.78, 5) is 20.0. The molecule has 0 fully saturated rings. The van der Waals surface area contributed by atoms with Gasteiger partial charge in [0.25, 0.3) is 0 Å². The van der Waals surface area contributed by atoms with E-state index in [0.29, 0.717) is 20.6 Å². The molecule has 2 heterocycles. The van der Waals surface area contributed by atoms with Gasteiger partial charge in [0.2, 0.25) is 0 Å².